The predicted octanol–water partition coefficient (Wildman–Crippen LogP) is -0.769. The second kappa shape index (κ2) is 6.21. The Balaban J connectivity index is 1.90. The van der Waals surface area contributed by atoms with Crippen molar-refractivity contribution in [3.8, 4) is 0 Å². The molecule has 2 rings (SSSR count). The van der Waals surface area contributed by atoms with E-state index in [1.807, 2.05) is 11.6 Å². The molecule has 0 unspecified atom stereocenters. The van der Waals surface area contributed by atoms with E-state index in [9.17, 15) is 9.59 Å². The van der Waals surface area contributed by atoms with Crippen LogP contribution in [0.2, 0.25) is 0 Å². The molecule has 0 radical (unpaired) electrons. The highest BCUT2D eigenvalue weighted by Crippen LogP contribution is 2.33. The molecule has 0 bridgehead atoms. The summed E-state index contributed by atoms with van der Waals surface area (Å²) in [4.78, 5) is 24.4. The molecule has 1 fully saturated rings. The number of likely N-dealkylation sites (tertiary alicyclic amines) is 1. The standard InChI is InChI=1S/C13H20N4O4/c1-13(12-15-14-9-16(12)2)3-5-17(6-4-13)10(19)8-21-11(20)7-18/h9,18H,3-8H2,1-2H3. The number of piperidine rings is 1. The van der Waals surface area contributed by atoms with Crippen molar-refractivity contribution in [3.05, 3.63) is 12.2 Å². The van der Waals surface area contributed by atoms with Crippen LogP contribution in [-0.2, 0) is 26.8 Å². The highest BCUT2D eigenvalue weighted by atomic mass is 16.5. The van der Waals surface area contributed by atoms with Crippen LogP contribution in [0, 0.1) is 0 Å². The number of hydrogen-bond donors (Lipinski definition) is 1. The molecular formula is C13H20N4O4. The largest absolute Gasteiger partial charge is 0.454 e. The summed E-state index contributed by atoms with van der Waals surface area (Å²) in [5, 5.41) is 16.6. The van der Waals surface area contributed by atoms with Crippen LogP contribution in [0.3, 0.4) is 0 Å². The van der Waals surface area contributed by atoms with Crippen molar-refractivity contribution in [2.75, 3.05) is 26.3 Å². The number of aryl methyl sites for hydroxylation is 1. The summed E-state index contributed by atoms with van der Waals surface area (Å²) in [5.74, 6) is -0.109. The second-order valence-electron chi connectivity index (χ2n) is 5.53. The van der Waals surface area contributed by atoms with Gasteiger partial charge in [-0.05, 0) is 12.8 Å². The van der Waals surface area contributed by atoms with Gasteiger partial charge in [0, 0.05) is 25.6 Å². The van der Waals surface area contributed by atoms with Crippen molar-refractivity contribution >= 4 is 11.9 Å². The lowest BCUT2D eigenvalue weighted by Crippen LogP contribution is -2.46. The molecule has 1 aliphatic heterocycles. The van der Waals surface area contributed by atoms with Crippen LogP contribution in [0.4, 0.5) is 0 Å². The molecule has 1 aliphatic rings. The van der Waals surface area contributed by atoms with Crippen LogP contribution in [0.5, 0.6) is 0 Å². The Kier molecular flexibility index (Phi) is 4.56. The molecule has 0 atom stereocenters. The third-order valence-electron chi connectivity index (χ3n) is 3.96. The molecule has 116 valence electrons. The quantitative estimate of drug-likeness (QED) is 0.733. The van der Waals surface area contributed by atoms with Crippen LogP contribution < -0.4 is 0 Å². The molecule has 1 saturated heterocycles. The van der Waals surface area contributed by atoms with Gasteiger partial charge in [-0.25, -0.2) is 4.79 Å². The van der Waals surface area contributed by atoms with Gasteiger partial charge in [-0.1, -0.05) is 6.92 Å². The van der Waals surface area contributed by atoms with Gasteiger partial charge in [-0.3, -0.25) is 4.79 Å². The Morgan fingerprint density at radius 3 is 2.62 bits per heavy atom. The van der Waals surface area contributed by atoms with Gasteiger partial charge in [0.1, 0.15) is 18.8 Å². The number of carbonyl (C=O) groups excluding carboxylic acids is 2. The first-order chi connectivity index (χ1) is 9.96. The topological polar surface area (TPSA) is 97.5 Å². The molecule has 0 spiro atoms. The molecule has 8 nitrogen and oxygen atoms in total. The fourth-order valence-corrected chi connectivity index (χ4v) is 2.58. The molecule has 8 heteroatoms. The Hall–Kier alpha value is -1.96. The van der Waals surface area contributed by atoms with E-state index in [2.05, 4.69) is 21.9 Å². The minimum absolute atomic E-state index is 0.107. The van der Waals surface area contributed by atoms with Crippen molar-refractivity contribution in [1.29, 1.82) is 0 Å². The first kappa shape index (κ1) is 15.4. The molecule has 2 heterocycles. The number of rotatable bonds is 4. The van der Waals surface area contributed by atoms with Crippen molar-refractivity contribution in [1.82, 2.24) is 19.7 Å². The summed E-state index contributed by atoms with van der Waals surface area (Å²) in [7, 11) is 1.91. The van der Waals surface area contributed by atoms with Crippen LogP contribution in [0.15, 0.2) is 6.33 Å². The predicted molar refractivity (Wildman–Crippen MR) is 72.2 cm³/mol. The Bertz CT molecular complexity index is 520. The van der Waals surface area contributed by atoms with Gasteiger partial charge in [-0.2, -0.15) is 0 Å². The highest BCUT2D eigenvalue weighted by Gasteiger charge is 2.36. The number of aliphatic hydroxyl groups is 1. The fraction of sp³-hybridized carbons (Fsp3) is 0.692. The summed E-state index contributed by atoms with van der Waals surface area (Å²) >= 11 is 0. The second-order valence-corrected chi connectivity index (χ2v) is 5.53. The fourth-order valence-electron chi connectivity index (χ4n) is 2.58. The molecule has 0 saturated carbocycles. The number of ether oxygens (including phenoxy) is 1. The minimum Gasteiger partial charge on any atom is -0.454 e. The van der Waals surface area contributed by atoms with Crippen molar-refractivity contribution in [3.63, 3.8) is 0 Å². The van der Waals surface area contributed by atoms with Gasteiger partial charge in [0.25, 0.3) is 5.91 Å². The maximum atomic E-state index is 11.9. The van der Waals surface area contributed by atoms with E-state index in [1.54, 1.807) is 11.2 Å². The zero-order valence-corrected chi connectivity index (χ0v) is 12.3. The average Bonchev–Trinajstić information content (AvgIpc) is 2.92. The minimum atomic E-state index is -0.788. The van der Waals surface area contributed by atoms with E-state index in [-0.39, 0.29) is 17.9 Å². The number of esters is 1. The number of aliphatic hydroxyl groups excluding tert-OH is 1. The molecule has 1 aromatic heterocycles. The van der Waals surface area contributed by atoms with Crippen LogP contribution in [-0.4, -0.2) is 63.0 Å². The van der Waals surface area contributed by atoms with Crippen molar-refractivity contribution in [2.45, 2.75) is 25.2 Å². The van der Waals surface area contributed by atoms with E-state index < -0.39 is 12.6 Å². The third-order valence-corrected chi connectivity index (χ3v) is 3.96. The highest BCUT2D eigenvalue weighted by molar-refractivity contribution is 5.81. The summed E-state index contributed by atoms with van der Waals surface area (Å²) in [6.45, 7) is 2.25. The van der Waals surface area contributed by atoms with E-state index in [0.29, 0.717) is 13.1 Å². The van der Waals surface area contributed by atoms with Gasteiger partial charge in [-0.15, -0.1) is 10.2 Å². The third kappa shape index (κ3) is 3.38. The monoisotopic (exact) mass is 296 g/mol. The van der Waals surface area contributed by atoms with Crippen LogP contribution in [0.1, 0.15) is 25.6 Å². The van der Waals surface area contributed by atoms with Gasteiger partial charge in [0.2, 0.25) is 0 Å². The van der Waals surface area contributed by atoms with Gasteiger partial charge < -0.3 is 19.3 Å². The zero-order chi connectivity index (χ0) is 15.5. The molecule has 0 aliphatic carbocycles. The number of aromatic nitrogens is 3. The lowest BCUT2D eigenvalue weighted by atomic mass is 9.79. The van der Waals surface area contributed by atoms with Crippen LogP contribution in [0.25, 0.3) is 0 Å². The van der Waals surface area contributed by atoms with E-state index in [4.69, 9.17) is 5.11 Å². The Morgan fingerprint density at radius 1 is 1.43 bits per heavy atom. The first-order valence-corrected chi connectivity index (χ1v) is 6.85. The van der Waals surface area contributed by atoms with Gasteiger partial charge in [0.15, 0.2) is 6.61 Å². The van der Waals surface area contributed by atoms with Crippen LogP contribution >= 0.6 is 0 Å². The lowest BCUT2D eigenvalue weighted by Gasteiger charge is -2.38. The molecular weight excluding hydrogens is 276 g/mol. The average molecular weight is 296 g/mol. The van der Waals surface area contributed by atoms with E-state index >= 15 is 0 Å². The Labute approximate surface area is 122 Å². The molecule has 1 N–H and O–H groups in total. The van der Waals surface area contributed by atoms with Gasteiger partial charge in [0.05, 0.1) is 0 Å². The van der Waals surface area contributed by atoms with E-state index in [0.717, 1.165) is 18.7 Å². The van der Waals surface area contributed by atoms with E-state index in [1.165, 1.54) is 0 Å². The molecule has 0 aromatic carbocycles. The maximum Gasteiger partial charge on any atom is 0.332 e. The van der Waals surface area contributed by atoms with Crippen molar-refractivity contribution < 1.29 is 19.4 Å². The summed E-state index contributed by atoms with van der Waals surface area (Å²) < 4.78 is 6.55. The smallest absolute Gasteiger partial charge is 0.332 e. The number of nitrogens with zero attached hydrogens (tertiary/aromatic N) is 4. The summed E-state index contributed by atoms with van der Waals surface area (Å²) in [6, 6.07) is 0. The Morgan fingerprint density at radius 2 is 2.10 bits per heavy atom. The molecule has 1 aromatic rings. The molecule has 21 heavy (non-hydrogen) atoms. The number of carbonyl (C=O) groups is 2. The SMILES string of the molecule is Cn1cnnc1C1(C)CCN(C(=O)COC(=O)CO)CC1. The van der Waals surface area contributed by atoms with Gasteiger partial charge >= 0.3 is 5.97 Å². The number of amides is 1. The summed E-state index contributed by atoms with van der Waals surface area (Å²) in [5.41, 5.74) is -0.107. The summed E-state index contributed by atoms with van der Waals surface area (Å²) in [6.07, 6.45) is 3.23. The van der Waals surface area contributed by atoms with Crippen molar-refractivity contribution in [2.24, 2.45) is 7.05 Å². The normalized spacial score (nSPS) is 17.6. The number of hydrogen-bond acceptors (Lipinski definition) is 6. The molecule has 1 amide bonds. The first-order valence-electron chi connectivity index (χ1n) is 6.85. The lowest BCUT2D eigenvalue weighted by molar-refractivity contribution is -0.154. The zero-order valence-electron chi connectivity index (χ0n) is 12.3. The maximum absolute atomic E-state index is 11.9.